The van der Waals surface area contributed by atoms with Crippen molar-refractivity contribution >= 4 is 10.1 Å². The maximum absolute atomic E-state index is 11.7. The standard InChI is InChI=1S/C40H80O10S/c1-3-5-7-9-11-13-15-17-19-21-23-25-27-29-31-47-33-35(34-49-39-37(42)36(41)38(43)40(50-39)51(44,45)46)48-32-30-28-26-24-22-20-18-16-14-12-10-8-6-4-2/h35-43H,3-34H2,1-2H3,(H,44,45,46). The van der Waals surface area contributed by atoms with Gasteiger partial charge in [-0.25, -0.2) is 0 Å². The van der Waals surface area contributed by atoms with Crippen LogP contribution < -0.4 is 0 Å². The third-order valence-electron chi connectivity index (χ3n) is 10.1. The van der Waals surface area contributed by atoms with Gasteiger partial charge in [0.15, 0.2) is 6.29 Å². The van der Waals surface area contributed by atoms with Crippen LogP contribution in [0, 0.1) is 0 Å². The van der Waals surface area contributed by atoms with Gasteiger partial charge in [-0.2, -0.15) is 8.42 Å². The minimum Gasteiger partial charge on any atom is -0.387 e. The zero-order valence-electron chi connectivity index (χ0n) is 32.7. The van der Waals surface area contributed by atoms with Crippen molar-refractivity contribution in [3.05, 3.63) is 0 Å². The van der Waals surface area contributed by atoms with Crippen LogP contribution in [0.3, 0.4) is 0 Å². The number of rotatable bonds is 37. The van der Waals surface area contributed by atoms with E-state index in [2.05, 4.69) is 13.8 Å². The molecule has 0 aromatic rings. The van der Waals surface area contributed by atoms with Gasteiger partial charge in [0.05, 0.1) is 13.2 Å². The number of hydrogen-bond acceptors (Lipinski definition) is 9. The fourth-order valence-electron chi connectivity index (χ4n) is 6.71. The Morgan fingerprint density at radius 3 is 1.27 bits per heavy atom. The SMILES string of the molecule is CCCCCCCCCCCCCCCCOCC(COC1OC(S(=O)(=O)O)C(O)C(O)C1O)OCCCCCCCCCCCCCCCC. The summed E-state index contributed by atoms with van der Waals surface area (Å²) in [5.74, 6) is 0. The molecule has 0 bridgehead atoms. The van der Waals surface area contributed by atoms with E-state index in [1.165, 1.54) is 148 Å². The Kier molecular flexibility index (Phi) is 31.5. The lowest BCUT2D eigenvalue weighted by Gasteiger charge is -2.39. The van der Waals surface area contributed by atoms with Gasteiger partial charge in [0.1, 0.15) is 24.4 Å². The third kappa shape index (κ3) is 26.1. The van der Waals surface area contributed by atoms with Crippen molar-refractivity contribution < 1.29 is 47.2 Å². The van der Waals surface area contributed by atoms with Crippen molar-refractivity contribution in [2.24, 2.45) is 0 Å². The molecule has 6 unspecified atom stereocenters. The van der Waals surface area contributed by atoms with E-state index in [4.69, 9.17) is 18.9 Å². The molecule has 1 aliphatic heterocycles. The van der Waals surface area contributed by atoms with E-state index in [0.717, 1.165) is 32.1 Å². The Hall–Kier alpha value is -0.370. The smallest absolute Gasteiger partial charge is 0.295 e. The second kappa shape index (κ2) is 33.0. The molecular formula is C40H80O10S. The van der Waals surface area contributed by atoms with E-state index in [1.807, 2.05) is 0 Å². The summed E-state index contributed by atoms with van der Waals surface area (Å²) in [5, 5.41) is 30.4. The lowest BCUT2D eigenvalue weighted by molar-refractivity contribution is -0.287. The Morgan fingerprint density at radius 1 is 0.510 bits per heavy atom. The van der Waals surface area contributed by atoms with Crippen LogP contribution in [0.2, 0.25) is 0 Å². The zero-order valence-corrected chi connectivity index (χ0v) is 33.6. The average Bonchev–Trinajstić information content (AvgIpc) is 3.10. The third-order valence-corrected chi connectivity index (χ3v) is 11.0. The summed E-state index contributed by atoms with van der Waals surface area (Å²) >= 11 is 0. The van der Waals surface area contributed by atoms with E-state index >= 15 is 0 Å². The van der Waals surface area contributed by atoms with Crippen LogP contribution in [0.5, 0.6) is 0 Å². The van der Waals surface area contributed by atoms with E-state index in [-0.39, 0.29) is 13.2 Å². The topological polar surface area (TPSA) is 152 Å². The maximum Gasteiger partial charge on any atom is 0.295 e. The summed E-state index contributed by atoms with van der Waals surface area (Å²) in [6, 6.07) is 0. The highest BCUT2D eigenvalue weighted by atomic mass is 32.2. The first kappa shape index (κ1) is 48.6. The lowest BCUT2D eigenvalue weighted by Crippen LogP contribution is -2.60. The minimum atomic E-state index is -4.86. The lowest BCUT2D eigenvalue weighted by atomic mass is 10.0. The van der Waals surface area contributed by atoms with Gasteiger partial charge in [0, 0.05) is 13.2 Å². The summed E-state index contributed by atoms with van der Waals surface area (Å²) in [5.41, 5.74) is -2.13. The van der Waals surface area contributed by atoms with E-state index in [9.17, 15) is 28.3 Å². The Balaban J connectivity index is 2.30. The van der Waals surface area contributed by atoms with Crippen molar-refractivity contribution in [2.75, 3.05) is 26.4 Å². The van der Waals surface area contributed by atoms with Gasteiger partial charge in [-0.3, -0.25) is 4.55 Å². The molecule has 6 atom stereocenters. The fraction of sp³-hybridized carbons (Fsp3) is 1.00. The first-order valence-electron chi connectivity index (χ1n) is 21.2. The highest BCUT2D eigenvalue weighted by molar-refractivity contribution is 7.86. The summed E-state index contributed by atoms with van der Waals surface area (Å²) < 4.78 is 55.5. The van der Waals surface area contributed by atoms with Crippen LogP contribution in [-0.4, -0.2) is 90.9 Å². The van der Waals surface area contributed by atoms with Crippen LogP contribution in [0.1, 0.15) is 194 Å². The number of aliphatic hydroxyl groups is 3. The molecule has 1 saturated heterocycles. The monoisotopic (exact) mass is 753 g/mol. The molecule has 10 nitrogen and oxygen atoms in total. The van der Waals surface area contributed by atoms with Gasteiger partial charge >= 0.3 is 0 Å². The first-order valence-corrected chi connectivity index (χ1v) is 22.7. The summed E-state index contributed by atoms with van der Waals surface area (Å²) in [6.45, 7) is 5.79. The van der Waals surface area contributed by atoms with Crippen LogP contribution in [0.25, 0.3) is 0 Å². The molecule has 51 heavy (non-hydrogen) atoms. The summed E-state index contributed by atoms with van der Waals surface area (Å²) in [4.78, 5) is 0. The number of ether oxygens (including phenoxy) is 4. The van der Waals surface area contributed by atoms with Gasteiger partial charge in [-0.15, -0.1) is 0 Å². The molecule has 0 aromatic carbocycles. The van der Waals surface area contributed by atoms with Crippen LogP contribution in [-0.2, 0) is 29.1 Å². The van der Waals surface area contributed by atoms with Crippen molar-refractivity contribution in [1.82, 2.24) is 0 Å². The van der Waals surface area contributed by atoms with E-state index < -0.39 is 46.3 Å². The summed E-state index contributed by atoms with van der Waals surface area (Å²) in [7, 11) is -4.86. The first-order chi connectivity index (χ1) is 24.7. The van der Waals surface area contributed by atoms with Gasteiger partial charge in [-0.05, 0) is 12.8 Å². The molecular weight excluding hydrogens is 672 g/mol. The Labute approximate surface area is 312 Å². The summed E-state index contributed by atoms with van der Waals surface area (Å²) in [6.07, 6.45) is 28.2. The molecule has 1 aliphatic rings. The largest absolute Gasteiger partial charge is 0.387 e. The number of aliphatic hydroxyl groups excluding tert-OH is 3. The van der Waals surface area contributed by atoms with Gasteiger partial charge in [0.2, 0.25) is 5.44 Å². The normalized spacial score (nSPS) is 21.7. The molecule has 4 N–H and O–H groups in total. The van der Waals surface area contributed by atoms with Gasteiger partial charge < -0.3 is 34.3 Å². The van der Waals surface area contributed by atoms with Crippen molar-refractivity contribution in [1.29, 1.82) is 0 Å². The van der Waals surface area contributed by atoms with Crippen LogP contribution in [0.15, 0.2) is 0 Å². The molecule has 0 amide bonds. The van der Waals surface area contributed by atoms with Crippen molar-refractivity contribution in [2.45, 2.75) is 230 Å². The molecule has 306 valence electrons. The van der Waals surface area contributed by atoms with E-state index in [0.29, 0.717) is 13.2 Å². The van der Waals surface area contributed by atoms with E-state index in [1.54, 1.807) is 0 Å². The van der Waals surface area contributed by atoms with Crippen LogP contribution in [0.4, 0.5) is 0 Å². The molecule has 11 heteroatoms. The predicted octanol–water partition coefficient (Wildman–Crippen LogP) is 9.02. The molecule has 1 rings (SSSR count). The molecule has 1 heterocycles. The number of hydrogen-bond donors (Lipinski definition) is 4. The second-order valence-electron chi connectivity index (χ2n) is 15.0. The molecule has 0 spiro atoms. The molecule has 0 radical (unpaired) electrons. The van der Waals surface area contributed by atoms with Gasteiger partial charge in [0.25, 0.3) is 10.1 Å². The van der Waals surface area contributed by atoms with Crippen LogP contribution >= 0.6 is 0 Å². The molecule has 1 fully saturated rings. The van der Waals surface area contributed by atoms with Gasteiger partial charge in [-0.1, -0.05) is 181 Å². The average molecular weight is 753 g/mol. The Bertz CT molecular complexity index is 860. The Morgan fingerprint density at radius 2 is 0.882 bits per heavy atom. The quantitative estimate of drug-likeness (QED) is 0.0357. The second-order valence-corrected chi connectivity index (χ2v) is 16.4. The number of unbranched alkanes of at least 4 members (excludes halogenated alkanes) is 26. The minimum absolute atomic E-state index is 0.0833. The maximum atomic E-state index is 11.7. The molecule has 0 aliphatic carbocycles. The highest BCUT2D eigenvalue weighted by Gasteiger charge is 2.49. The van der Waals surface area contributed by atoms with Crippen molar-refractivity contribution in [3.8, 4) is 0 Å². The zero-order chi connectivity index (χ0) is 37.4. The van der Waals surface area contributed by atoms with Crippen molar-refractivity contribution in [3.63, 3.8) is 0 Å². The fourth-order valence-corrected chi connectivity index (χ4v) is 7.47. The highest BCUT2D eigenvalue weighted by Crippen LogP contribution is 2.25. The molecule has 0 aromatic heterocycles. The molecule has 0 saturated carbocycles. The predicted molar refractivity (Wildman–Crippen MR) is 205 cm³/mol.